The number of aryl methyl sites for hydroxylation is 2. The van der Waals surface area contributed by atoms with Gasteiger partial charge in [-0.05, 0) is 32.0 Å². The van der Waals surface area contributed by atoms with E-state index in [0.717, 1.165) is 27.7 Å². The number of fused-ring (bicyclic) bond motifs is 1. The van der Waals surface area contributed by atoms with Crippen LogP contribution >= 0.6 is 0 Å². The van der Waals surface area contributed by atoms with Crippen molar-refractivity contribution < 1.29 is 5.11 Å². The van der Waals surface area contributed by atoms with E-state index in [1.165, 1.54) is 6.42 Å². The SMILES string of the molecule is C=C(O)c1cc(C)nc2ccc(C)cc12.CC.CCC. The van der Waals surface area contributed by atoms with E-state index >= 15 is 0 Å². The Labute approximate surface area is 123 Å². The third-order valence-corrected chi connectivity index (χ3v) is 2.40. The zero-order valence-corrected chi connectivity index (χ0v) is 13.6. The number of aliphatic hydroxyl groups excluding tert-OH is 1. The summed E-state index contributed by atoms with van der Waals surface area (Å²) in [6.45, 7) is 15.7. The van der Waals surface area contributed by atoms with Crippen molar-refractivity contribution in [1.82, 2.24) is 4.98 Å². The fourth-order valence-electron chi connectivity index (χ4n) is 1.71. The van der Waals surface area contributed by atoms with Gasteiger partial charge in [-0.3, -0.25) is 4.98 Å². The second-order valence-corrected chi connectivity index (χ2v) is 4.49. The van der Waals surface area contributed by atoms with E-state index < -0.39 is 0 Å². The van der Waals surface area contributed by atoms with E-state index in [9.17, 15) is 5.11 Å². The van der Waals surface area contributed by atoms with Crippen LogP contribution in [-0.2, 0) is 0 Å². The van der Waals surface area contributed by atoms with Crippen molar-refractivity contribution >= 4 is 16.7 Å². The molecule has 0 spiro atoms. The van der Waals surface area contributed by atoms with Crippen LogP contribution in [0.25, 0.3) is 16.7 Å². The summed E-state index contributed by atoms with van der Waals surface area (Å²) in [4.78, 5) is 4.41. The predicted molar refractivity (Wildman–Crippen MR) is 90.2 cm³/mol. The molecule has 110 valence electrons. The molecule has 0 fully saturated rings. The minimum absolute atomic E-state index is 0.0936. The Morgan fingerprint density at radius 3 is 2.20 bits per heavy atom. The predicted octanol–water partition coefficient (Wildman–Crippen LogP) is 5.82. The first-order chi connectivity index (χ1) is 9.49. The van der Waals surface area contributed by atoms with Gasteiger partial charge in [0.25, 0.3) is 0 Å². The molecule has 0 saturated heterocycles. The maximum absolute atomic E-state index is 9.51. The van der Waals surface area contributed by atoms with E-state index in [2.05, 4.69) is 25.4 Å². The molecule has 0 aliphatic carbocycles. The summed E-state index contributed by atoms with van der Waals surface area (Å²) in [5, 5.41) is 10.5. The number of aliphatic hydroxyl groups is 1. The number of hydrogen-bond acceptors (Lipinski definition) is 2. The van der Waals surface area contributed by atoms with Gasteiger partial charge in [-0.1, -0.05) is 52.3 Å². The third kappa shape index (κ3) is 5.04. The van der Waals surface area contributed by atoms with Crippen LogP contribution in [0.15, 0.2) is 30.8 Å². The highest BCUT2D eigenvalue weighted by Crippen LogP contribution is 2.23. The molecule has 2 rings (SSSR count). The number of aromatic nitrogens is 1. The average Bonchev–Trinajstić information content (AvgIpc) is 2.41. The number of hydrogen-bond donors (Lipinski definition) is 1. The third-order valence-electron chi connectivity index (χ3n) is 2.40. The van der Waals surface area contributed by atoms with Gasteiger partial charge in [-0.2, -0.15) is 0 Å². The lowest BCUT2D eigenvalue weighted by molar-refractivity contribution is 0.514. The highest BCUT2D eigenvalue weighted by Gasteiger charge is 2.06. The van der Waals surface area contributed by atoms with Crippen LogP contribution in [0, 0.1) is 13.8 Å². The van der Waals surface area contributed by atoms with E-state index in [0.29, 0.717) is 0 Å². The van der Waals surface area contributed by atoms with Gasteiger partial charge in [-0.15, -0.1) is 0 Å². The van der Waals surface area contributed by atoms with Crippen LogP contribution in [-0.4, -0.2) is 10.1 Å². The van der Waals surface area contributed by atoms with Crippen molar-refractivity contribution in [1.29, 1.82) is 0 Å². The van der Waals surface area contributed by atoms with Gasteiger partial charge in [-0.25, -0.2) is 0 Å². The number of rotatable bonds is 1. The molecule has 1 aromatic carbocycles. The van der Waals surface area contributed by atoms with E-state index in [1.807, 2.05) is 52.0 Å². The van der Waals surface area contributed by atoms with Gasteiger partial charge in [0.05, 0.1) is 5.52 Å². The van der Waals surface area contributed by atoms with Crippen molar-refractivity contribution in [2.75, 3.05) is 0 Å². The first-order valence-corrected chi connectivity index (χ1v) is 7.25. The molecule has 0 unspecified atom stereocenters. The summed E-state index contributed by atoms with van der Waals surface area (Å²) in [5.41, 5.74) is 3.69. The second kappa shape index (κ2) is 9.13. The molecule has 0 aliphatic rings. The minimum atomic E-state index is 0.0936. The maximum Gasteiger partial charge on any atom is 0.116 e. The molecule has 0 aliphatic heterocycles. The largest absolute Gasteiger partial charge is 0.508 e. The smallest absolute Gasteiger partial charge is 0.116 e. The summed E-state index contributed by atoms with van der Waals surface area (Å²) < 4.78 is 0. The summed E-state index contributed by atoms with van der Waals surface area (Å²) in [7, 11) is 0. The molecule has 0 radical (unpaired) electrons. The summed E-state index contributed by atoms with van der Waals surface area (Å²) in [5.74, 6) is 0.0936. The van der Waals surface area contributed by atoms with E-state index in [-0.39, 0.29) is 5.76 Å². The van der Waals surface area contributed by atoms with Gasteiger partial charge in [0, 0.05) is 16.6 Å². The Bertz CT molecular complexity index is 559. The molecule has 0 bridgehead atoms. The number of nitrogens with zero attached hydrogens (tertiary/aromatic N) is 1. The van der Waals surface area contributed by atoms with Gasteiger partial charge in [0.1, 0.15) is 5.76 Å². The molecule has 2 heteroatoms. The second-order valence-electron chi connectivity index (χ2n) is 4.49. The quantitative estimate of drug-likeness (QED) is 0.664. The normalized spacial score (nSPS) is 9.10. The van der Waals surface area contributed by atoms with Crippen LogP contribution in [0.2, 0.25) is 0 Å². The summed E-state index contributed by atoms with van der Waals surface area (Å²) in [6.07, 6.45) is 1.25. The lowest BCUT2D eigenvalue weighted by Gasteiger charge is -2.07. The molecule has 2 nitrogen and oxygen atoms in total. The first kappa shape index (κ1) is 18.2. The Kier molecular flexibility index (Phi) is 8.30. The van der Waals surface area contributed by atoms with Crippen LogP contribution in [0.3, 0.4) is 0 Å². The summed E-state index contributed by atoms with van der Waals surface area (Å²) >= 11 is 0. The highest BCUT2D eigenvalue weighted by molar-refractivity contribution is 5.90. The number of benzene rings is 1. The molecule has 1 N–H and O–H groups in total. The van der Waals surface area contributed by atoms with E-state index in [4.69, 9.17) is 0 Å². The lowest BCUT2D eigenvalue weighted by Crippen LogP contribution is -1.91. The summed E-state index contributed by atoms with van der Waals surface area (Å²) in [6, 6.07) is 7.84. The van der Waals surface area contributed by atoms with Crippen LogP contribution in [0.1, 0.15) is 50.9 Å². The molecule has 0 saturated carbocycles. The molecule has 1 heterocycles. The fraction of sp³-hybridized carbons (Fsp3) is 0.389. The molecule has 0 atom stereocenters. The highest BCUT2D eigenvalue weighted by atomic mass is 16.3. The first-order valence-electron chi connectivity index (χ1n) is 7.25. The van der Waals surface area contributed by atoms with Crippen molar-refractivity contribution in [3.8, 4) is 0 Å². The minimum Gasteiger partial charge on any atom is -0.508 e. The van der Waals surface area contributed by atoms with Crippen molar-refractivity contribution in [2.24, 2.45) is 0 Å². The van der Waals surface area contributed by atoms with Gasteiger partial charge in [0.15, 0.2) is 0 Å². The monoisotopic (exact) mass is 273 g/mol. The zero-order chi connectivity index (χ0) is 15.7. The number of pyridine rings is 1. The van der Waals surface area contributed by atoms with Crippen molar-refractivity contribution in [2.45, 2.75) is 48.0 Å². The standard InChI is InChI=1S/C13H13NO.C3H8.C2H6/c1-8-4-5-13-12(6-8)11(10(3)15)7-9(2)14-13;1-3-2;1-2/h4-7,15H,3H2,1-2H3;3H2,1-2H3;1-2H3. The Hall–Kier alpha value is -1.83. The lowest BCUT2D eigenvalue weighted by atomic mass is 10.0. The molecular weight excluding hydrogens is 246 g/mol. The van der Waals surface area contributed by atoms with Crippen LogP contribution < -0.4 is 0 Å². The van der Waals surface area contributed by atoms with Crippen LogP contribution in [0.4, 0.5) is 0 Å². The zero-order valence-electron chi connectivity index (χ0n) is 13.6. The van der Waals surface area contributed by atoms with Gasteiger partial charge >= 0.3 is 0 Å². The Morgan fingerprint density at radius 2 is 1.70 bits per heavy atom. The topological polar surface area (TPSA) is 33.1 Å². The van der Waals surface area contributed by atoms with Crippen molar-refractivity contribution in [3.05, 3.63) is 47.7 Å². The molecule has 1 aromatic heterocycles. The molecule has 0 amide bonds. The molecule has 20 heavy (non-hydrogen) atoms. The molecular formula is C18H27NO. The maximum atomic E-state index is 9.51. The Balaban J connectivity index is 0.000000641. The molecule has 2 aromatic rings. The van der Waals surface area contributed by atoms with E-state index in [1.54, 1.807) is 0 Å². The van der Waals surface area contributed by atoms with Crippen molar-refractivity contribution in [3.63, 3.8) is 0 Å². The van der Waals surface area contributed by atoms with Gasteiger partial charge in [0.2, 0.25) is 0 Å². The fourth-order valence-corrected chi connectivity index (χ4v) is 1.71. The van der Waals surface area contributed by atoms with Gasteiger partial charge < -0.3 is 5.11 Å². The average molecular weight is 273 g/mol. The Morgan fingerprint density at radius 1 is 1.15 bits per heavy atom. The van der Waals surface area contributed by atoms with Crippen LogP contribution in [0.5, 0.6) is 0 Å².